The molecule has 1 fully saturated rings. The van der Waals surface area contributed by atoms with Gasteiger partial charge in [0, 0.05) is 6.04 Å². The first-order valence-electron chi connectivity index (χ1n) is 3.49. The molecule has 11 heavy (non-hydrogen) atoms. The summed E-state index contributed by atoms with van der Waals surface area (Å²) >= 11 is 0. The minimum absolute atomic E-state index is 0.406. The van der Waals surface area contributed by atoms with E-state index in [0.29, 0.717) is 0 Å². The van der Waals surface area contributed by atoms with E-state index in [0.717, 1.165) is 0 Å². The predicted molar refractivity (Wildman–Crippen MR) is 36.5 cm³/mol. The molecule has 1 rings (SSSR count). The summed E-state index contributed by atoms with van der Waals surface area (Å²) in [7, 11) is 0. The third kappa shape index (κ3) is 1.52. The Kier molecular flexibility index (Phi) is 2.46. The van der Waals surface area contributed by atoms with Gasteiger partial charge in [-0.3, -0.25) is 0 Å². The monoisotopic (exact) mass is 163 g/mol. The van der Waals surface area contributed by atoms with Crippen LogP contribution in [-0.2, 0) is 4.74 Å². The molecule has 5 atom stereocenters. The van der Waals surface area contributed by atoms with Crippen molar-refractivity contribution in [1.29, 1.82) is 0 Å². The number of hydrogen-bond donors (Lipinski definition) is 4. The third-order valence-corrected chi connectivity index (χ3v) is 1.79. The van der Waals surface area contributed by atoms with Crippen LogP contribution in [0.25, 0.3) is 0 Å². The van der Waals surface area contributed by atoms with Crippen molar-refractivity contribution in [2.24, 2.45) is 5.73 Å². The average Bonchev–Trinajstić information content (AvgIpc) is 2.17. The molecule has 66 valence electrons. The van der Waals surface area contributed by atoms with Crippen LogP contribution < -0.4 is 5.73 Å². The highest BCUT2D eigenvalue weighted by Gasteiger charge is 2.43. The van der Waals surface area contributed by atoms with Gasteiger partial charge in [-0.05, 0) is 6.92 Å². The van der Waals surface area contributed by atoms with Gasteiger partial charge in [-0.15, -0.1) is 0 Å². The van der Waals surface area contributed by atoms with E-state index in [2.05, 4.69) is 0 Å². The second kappa shape index (κ2) is 3.04. The van der Waals surface area contributed by atoms with E-state index in [1.54, 1.807) is 6.92 Å². The lowest BCUT2D eigenvalue weighted by Crippen LogP contribution is -2.41. The summed E-state index contributed by atoms with van der Waals surface area (Å²) in [5.74, 6) is 0. The number of aliphatic hydroxyl groups excluding tert-OH is 3. The molecule has 1 aliphatic rings. The van der Waals surface area contributed by atoms with Gasteiger partial charge in [0.1, 0.15) is 18.3 Å². The second-order valence-corrected chi connectivity index (χ2v) is 2.83. The summed E-state index contributed by atoms with van der Waals surface area (Å²) < 4.78 is 4.78. The maximum Gasteiger partial charge on any atom is 0.184 e. The van der Waals surface area contributed by atoms with Crippen LogP contribution in [0.3, 0.4) is 0 Å². The molecule has 0 bridgehead atoms. The molecule has 1 saturated heterocycles. The van der Waals surface area contributed by atoms with Crippen LogP contribution in [0.4, 0.5) is 0 Å². The van der Waals surface area contributed by atoms with Gasteiger partial charge in [0.25, 0.3) is 0 Å². The van der Waals surface area contributed by atoms with E-state index in [1.165, 1.54) is 0 Å². The van der Waals surface area contributed by atoms with Crippen LogP contribution in [0, 0.1) is 0 Å². The molecule has 5 N–H and O–H groups in total. The van der Waals surface area contributed by atoms with Gasteiger partial charge < -0.3 is 25.8 Å². The third-order valence-electron chi connectivity index (χ3n) is 1.79. The number of aliphatic hydroxyl groups is 3. The highest BCUT2D eigenvalue weighted by atomic mass is 16.6. The zero-order chi connectivity index (χ0) is 8.59. The molecule has 5 nitrogen and oxygen atoms in total. The number of rotatable bonds is 1. The normalized spacial score (nSPS) is 47.7. The van der Waals surface area contributed by atoms with Crippen molar-refractivity contribution in [3.05, 3.63) is 0 Å². The summed E-state index contributed by atoms with van der Waals surface area (Å²) in [6.45, 7) is 1.64. The number of nitrogens with two attached hydrogens (primary N) is 1. The molecule has 0 unspecified atom stereocenters. The molecule has 1 heterocycles. The van der Waals surface area contributed by atoms with Crippen molar-refractivity contribution in [2.45, 2.75) is 37.6 Å². The van der Waals surface area contributed by atoms with Gasteiger partial charge in [-0.2, -0.15) is 0 Å². The number of hydrogen-bond acceptors (Lipinski definition) is 5. The molecular weight excluding hydrogens is 150 g/mol. The predicted octanol–water partition coefficient (Wildman–Crippen LogP) is -2.23. The lowest BCUT2D eigenvalue weighted by atomic mass is 10.1. The van der Waals surface area contributed by atoms with Crippen LogP contribution in [0.5, 0.6) is 0 Å². The standard InChI is InChI=1S/C6H13NO4/c1-2(7)5-3(8)4(9)6(10)11-5/h2-6,8-10H,7H2,1H3/t2-,3-,4+,5+,6+/m0/s1. The highest BCUT2D eigenvalue weighted by molar-refractivity contribution is 4.89. The maximum absolute atomic E-state index is 9.18. The maximum atomic E-state index is 9.18. The minimum Gasteiger partial charge on any atom is -0.387 e. The fraction of sp³-hybridized carbons (Fsp3) is 1.00. The largest absolute Gasteiger partial charge is 0.387 e. The summed E-state index contributed by atoms with van der Waals surface area (Å²) in [6.07, 6.45) is -4.34. The molecule has 0 aliphatic carbocycles. The van der Waals surface area contributed by atoms with Gasteiger partial charge >= 0.3 is 0 Å². The van der Waals surface area contributed by atoms with Crippen molar-refractivity contribution in [3.63, 3.8) is 0 Å². The zero-order valence-electron chi connectivity index (χ0n) is 6.21. The van der Waals surface area contributed by atoms with Gasteiger partial charge in [0.2, 0.25) is 0 Å². The SMILES string of the molecule is C[C@H](N)[C@H]1O[C@@H](O)[C@H](O)[C@@H]1O. The Balaban J connectivity index is 2.59. The fourth-order valence-electron chi connectivity index (χ4n) is 1.12. The van der Waals surface area contributed by atoms with Gasteiger partial charge in [-0.25, -0.2) is 0 Å². The van der Waals surface area contributed by atoms with Crippen molar-refractivity contribution in [3.8, 4) is 0 Å². The van der Waals surface area contributed by atoms with Crippen LogP contribution in [0.1, 0.15) is 6.92 Å². The van der Waals surface area contributed by atoms with E-state index in [1.807, 2.05) is 0 Å². The lowest BCUT2D eigenvalue weighted by Gasteiger charge is -2.17. The van der Waals surface area contributed by atoms with Gasteiger partial charge in [0.05, 0.1) is 0 Å². The van der Waals surface area contributed by atoms with Crippen LogP contribution in [0.2, 0.25) is 0 Å². The van der Waals surface area contributed by atoms with Crippen molar-refractivity contribution >= 4 is 0 Å². The van der Waals surface area contributed by atoms with Gasteiger partial charge in [-0.1, -0.05) is 0 Å². The minimum atomic E-state index is -1.32. The lowest BCUT2D eigenvalue weighted by molar-refractivity contribution is -0.129. The average molecular weight is 163 g/mol. The smallest absolute Gasteiger partial charge is 0.184 e. The Hall–Kier alpha value is -0.200. The van der Waals surface area contributed by atoms with Crippen LogP contribution in [-0.4, -0.2) is 46.0 Å². The van der Waals surface area contributed by atoms with E-state index in [-0.39, 0.29) is 0 Å². The van der Waals surface area contributed by atoms with Crippen molar-refractivity contribution < 1.29 is 20.1 Å². The summed E-state index contributed by atoms with van der Waals surface area (Å²) in [5.41, 5.74) is 5.41. The molecule has 0 amide bonds. The Morgan fingerprint density at radius 3 is 2.00 bits per heavy atom. The molecule has 0 aromatic carbocycles. The highest BCUT2D eigenvalue weighted by Crippen LogP contribution is 2.20. The van der Waals surface area contributed by atoms with E-state index < -0.39 is 30.6 Å². The fourth-order valence-corrected chi connectivity index (χ4v) is 1.12. The van der Waals surface area contributed by atoms with E-state index in [9.17, 15) is 5.11 Å². The van der Waals surface area contributed by atoms with E-state index >= 15 is 0 Å². The zero-order valence-corrected chi connectivity index (χ0v) is 6.21. The Morgan fingerprint density at radius 1 is 1.27 bits per heavy atom. The molecule has 5 heteroatoms. The Bertz CT molecular complexity index is 141. The first-order valence-corrected chi connectivity index (χ1v) is 3.49. The molecule has 0 saturated carbocycles. The first kappa shape index (κ1) is 8.89. The quantitative estimate of drug-likeness (QED) is 0.351. The van der Waals surface area contributed by atoms with E-state index in [4.69, 9.17) is 20.7 Å². The molecule has 0 aromatic rings. The second-order valence-electron chi connectivity index (χ2n) is 2.83. The van der Waals surface area contributed by atoms with Gasteiger partial charge in [0.15, 0.2) is 6.29 Å². The Labute approximate surface area is 64.4 Å². The topological polar surface area (TPSA) is 95.9 Å². The number of ether oxygens (including phenoxy) is 1. The molecule has 1 aliphatic heterocycles. The Morgan fingerprint density at radius 2 is 1.82 bits per heavy atom. The molecular formula is C6H13NO4. The van der Waals surface area contributed by atoms with Crippen LogP contribution in [0.15, 0.2) is 0 Å². The van der Waals surface area contributed by atoms with Crippen molar-refractivity contribution in [1.82, 2.24) is 0 Å². The summed E-state index contributed by atoms with van der Waals surface area (Å²) in [5, 5.41) is 27.1. The van der Waals surface area contributed by atoms with Crippen LogP contribution >= 0.6 is 0 Å². The summed E-state index contributed by atoms with van der Waals surface area (Å²) in [6, 6.07) is -0.406. The summed E-state index contributed by atoms with van der Waals surface area (Å²) in [4.78, 5) is 0. The molecule has 0 radical (unpaired) electrons. The molecule has 0 spiro atoms. The first-order chi connectivity index (χ1) is 5.04. The molecule has 0 aromatic heterocycles. The van der Waals surface area contributed by atoms with Crippen molar-refractivity contribution in [2.75, 3.05) is 0 Å².